The molecule has 0 amide bonds. The molecule has 1 aromatic rings. The molecule has 5 heteroatoms. The highest BCUT2D eigenvalue weighted by Crippen LogP contribution is 2.34. The Balaban J connectivity index is 2.28. The highest BCUT2D eigenvalue weighted by atomic mass is 35.5. The monoisotopic (exact) mass is 268 g/mol. The lowest BCUT2D eigenvalue weighted by atomic mass is 9.93. The average molecular weight is 269 g/mol. The standard InChI is InChI=1S/C13H17ClN2O2/c1-13(2)5-6-15(9-13)11-3-4-12(16(17)18)10(7-11)8-14/h3-4,7H,5-6,8-9H2,1-2H3. The molecule has 0 unspecified atom stereocenters. The Bertz CT molecular complexity index is 474. The minimum atomic E-state index is -0.380. The van der Waals surface area contributed by atoms with E-state index >= 15 is 0 Å². The van der Waals surface area contributed by atoms with Gasteiger partial charge in [-0.3, -0.25) is 10.1 Å². The van der Waals surface area contributed by atoms with E-state index in [1.165, 1.54) is 0 Å². The zero-order chi connectivity index (χ0) is 13.3. The van der Waals surface area contributed by atoms with Crippen LogP contribution < -0.4 is 4.90 Å². The lowest BCUT2D eigenvalue weighted by Crippen LogP contribution is -2.22. The van der Waals surface area contributed by atoms with Crippen molar-refractivity contribution in [2.75, 3.05) is 18.0 Å². The fourth-order valence-electron chi connectivity index (χ4n) is 2.39. The predicted octanol–water partition coefficient (Wildman–Crippen LogP) is 3.57. The van der Waals surface area contributed by atoms with Gasteiger partial charge in [0.25, 0.3) is 5.69 Å². The molecular weight excluding hydrogens is 252 g/mol. The van der Waals surface area contributed by atoms with Crippen LogP contribution in [0.3, 0.4) is 0 Å². The third-order valence-corrected chi connectivity index (χ3v) is 3.73. The van der Waals surface area contributed by atoms with Gasteiger partial charge in [-0.1, -0.05) is 13.8 Å². The number of nitro groups is 1. The van der Waals surface area contributed by atoms with Crippen LogP contribution in [0.2, 0.25) is 0 Å². The van der Waals surface area contributed by atoms with E-state index in [2.05, 4.69) is 18.7 Å². The van der Waals surface area contributed by atoms with Crippen molar-refractivity contribution in [3.8, 4) is 0 Å². The summed E-state index contributed by atoms with van der Waals surface area (Å²) in [6.45, 7) is 6.45. The number of halogens is 1. The Hall–Kier alpha value is -1.29. The van der Waals surface area contributed by atoms with Gasteiger partial charge in [0.1, 0.15) is 0 Å². The van der Waals surface area contributed by atoms with Gasteiger partial charge in [0, 0.05) is 30.4 Å². The Morgan fingerprint density at radius 3 is 2.72 bits per heavy atom. The molecule has 1 fully saturated rings. The minimum Gasteiger partial charge on any atom is -0.371 e. The third-order valence-electron chi connectivity index (χ3n) is 3.45. The number of rotatable bonds is 3. The minimum absolute atomic E-state index is 0.104. The van der Waals surface area contributed by atoms with Crippen LogP contribution in [0.1, 0.15) is 25.8 Å². The van der Waals surface area contributed by atoms with E-state index in [0.29, 0.717) is 11.0 Å². The van der Waals surface area contributed by atoms with E-state index < -0.39 is 0 Å². The van der Waals surface area contributed by atoms with E-state index in [4.69, 9.17) is 11.6 Å². The summed E-state index contributed by atoms with van der Waals surface area (Å²) >= 11 is 5.79. The Labute approximate surface area is 112 Å². The van der Waals surface area contributed by atoms with E-state index in [9.17, 15) is 10.1 Å². The van der Waals surface area contributed by atoms with Gasteiger partial charge in [-0.25, -0.2) is 0 Å². The molecule has 1 heterocycles. The summed E-state index contributed by atoms with van der Waals surface area (Å²) in [5.41, 5.74) is 2.03. The number of hydrogen-bond acceptors (Lipinski definition) is 3. The Morgan fingerprint density at radius 1 is 1.50 bits per heavy atom. The number of nitro benzene ring substituents is 1. The third kappa shape index (κ3) is 2.58. The van der Waals surface area contributed by atoms with Gasteiger partial charge < -0.3 is 4.90 Å². The summed E-state index contributed by atoms with van der Waals surface area (Å²) in [6, 6.07) is 5.21. The van der Waals surface area contributed by atoms with Crippen LogP contribution in [0, 0.1) is 15.5 Å². The number of nitrogens with zero attached hydrogens (tertiary/aromatic N) is 2. The molecule has 98 valence electrons. The molecule has 0 aliphatic carbocycles. The largest absolute Gasteiger partial charge is 0.371 e. The summed E-state index contributed by atoms with van der Waals surface area (Å²) < 4.78 is 0. The molecule has 0 bridgehead atoms. The van der Waals surface area contributed by atoms with Crippen LogP contribution in [0.15, 0.2) is 18.2 Å². The van der Waals surface area contributed by atoms with Crippen molar-refractivity contribution < 1.29 is 4.92 Å². The van der Waals surface area contributed by atoms with Crippen molar-refractivity contribution in [2.45, 2.75) is 26.1 Å². The Morgan fingerprint density at radius 2 is 2.22 bits per heavy atom. The summed E-state index contributed by atoms with van der Waals surface area (Å²) in [4.78, 5) is 12.7. The fraction of sp³-hybridized carbons (Fsp3) is 0.538. The summed E-state index contributed by atoms with van der Waals surface area (Å²) in [7, 11) is 0. The molecule has 0 N–H and O–H groups in total. The maximum Gasteiger partial charge on any atom is 0.273 e. The zero-order valence-corrected chi connectivity index (χ0v) is 11.4. The summed E-state index contributed by atoms with van der Waals surface area (Å²) in [5.74, 6) is 0.168. The first kappa shape index (κ1) is 13.1. The fourth-order valence-corrected chi connectivity index (χ4v) is 2.60. The first-order valence-electron chi connectivity index (χ1n) is 6.01. The van der Waals surface area contributed by atoms with E-state index in [-0.39, 0.29) is 16.5 Å². The number of benzene rings is 1. The van der Waals surface area contributed by atoms with Crippen LogP contribution in [0.25, 0.3) is 0 Å². The molecule has 18 heavy (non-hydrogen) atoms. The number of hydrogen-bond donors (Lipinski definition) is 0. The van der Waals surface area contributed by atoms with Gasteiger partial charge >= 0.3 is 0 Å². The Kier molecular flexibility index (Phi) is 3.48. The molecule has 1 aromatic carbocycles. The van der Waals surface area contributed by atoms with Crippen LogP contribution in [0.4, 0.5) is 11.4 Å². The van der Waals surface area contributed by atoms with Crippen LogP contribution in [-0.4, -0.2) is 18.0 Å². The molecule has 0 saturated carbocycles. The number of alkyl halides is 1. The predicted molar refractivity (Wildman–Crippen MR) is 73.3 cm³/mol. The van der Waals surface area contributed by atoms with Crippen molar-refractivity contribution in [3.05, 3.63) is 33.9 Å². The first-order valence-corrected chi connectivity index (χ1v) is 6.55. The second kappa shape index (κ2) is 4.76. The molecule has 1 saturated heterocycles. The van der Waals surface area contributed by atoms with Crippen molar-refractivity contribution in [1.29, 1.82) is 0 Å². The molecule has 0 spiro atoms. The van der Waals surface area contributed by atoms with Gasteiger partial charge in [-0.15, -0.1) is 11.6 Å². The van der Waals surface area contributed by atoms with Crippen LogP contribution in [-0.2, 0) is 5.88 Å². The quantitative estimate of drug-likeness (QED) is 0.478. The topological polar surface area (TPSA) is 46.4 Å². The van der Waals surface area contributed by atoms with Gasteiger partial charge in [-0.05, 0) is 24.0 Å². The maximum atomic E-state index is 10.8. The van der Waals surface area contributed by atoms with Crippen LogP contribution in [0.5, 0.6) is 0 Å². The van der Waals surface area contributed by atoms with Crippen molar-refractivity contribution in [3.63, 3.8) is 0 Å². The van der Waals surface area contributed by atoms with E-state index in [1.54, 1.807) is 6.07 Å². The first-order chi connectivity index (χ1) is 8.43. The van der Waals surface area contributed by atoms with E-state index in [1.807, 2.05) is 12.1 Å². The van der Waals surface area contributed by atoms with Crippen molar-refractivity contribution >= 4 is 23.0 Å². The zero-order valence-electron chi connectivity index (χ0n) is 10.6. The molecule has 0 atom stereocenters. The normalized spacial score (nSPS) is 18.1. The summed E-state index contributed by atoms with van der Waals surface area (Å²) in [5, 5.41) is 10.8. The summed E-state index contributed by atoms with van der Waals surface area (Å²) in [6.07, 6.45) is 1.14. The maximum absolute atomic E-state index is 10.8. The smallest absolute Gasteiger partial charge is 0.273 e. The van der Waals surface area contributed by atoms with Gasteiger partial charge in [-0.2, -0.15) is 0 Å². The highest BCUT2D eigenvalue weighted by Gasteiger charge is 2.29. The second-order valence-electron chi connectivity index (χ2n) is 5.54. The van der Waals surface area contributed by atoms with Crippen LogP contribution >= 0.6 is 11.6 Å². The molecule has 4 nitrogen and oxygen atoms in total. The molecule has 2 rings (SSSR count). The molecule has 1 aliphatic heterocycles. The van der Waals surface area contributed by atoms with Crippen molar-refractivity contribution in [2.24, 2.45) is 5.41 Å². The molecular formula is C13H17ClN2O2. The average Bonchev–Trinajstić information content (AvgIpc) is 2.68. The highest BCUT2D eigenvalue weighted by molar-refractivity contribution is 6.17. The lowest BCUT2D eigenvalue weighted by molar-refractivity contribution is -0.385. The number of anilines is 1. The van der Waals surface area contributed by atoms with Crippen molar-refractivity contribution in [1.82, 2.24) is 0 Å². The van der Waals surface area contributed by atoms with Gasteiger partial charge in [0.2, 0.25) is 0 Å². The van der Waals surface area contributed by atoms with Gasteiger partial charge in [0.05, 0.1) is 10.8 Å². The second-order valence-corrected chi connectivity index (χ2v) is 5.81. The molecule has 0 radical (unpaired) electrons. The molecule has 0 aromatic heterocycles. The van der Waals surface area contributed by atoms with Gasteiger partial charge in [0.15, 0.2) is 0 Å². The van der Waals surface area contributed by atoms with E-state index in [0.717, 1.165) is 25.2 Å². The molecule has 1 aliphatic rings. The SMILES string of the molecule is CC1(C)CCN(c2ccc([N+](=O)[O-])c(CCl)c2)C1. The lowest BCUT2D eigenvalue weighted by Gasteiger charge is -2.22.